The monoisotopic (exact) mass is 361 g/mol. The second-order valence-electron chi connectivity index (χ2n) is 7.47. The topological polar surface area (TPSA) is 79.8 Å². The molecule has 0 aromatic rings. The summed E-state index contributed by atoms with van der Waals surface area (Å²) >= 11 is 0. The molecular weight excluding hydrogens is 326 g/mol. The van der Waals surface area contributed by atoms with Crippen LogP contribution in [-0.2, 0) is 14.6 Å². The van der Waals surface area contributed by atoms with Crippen molar-refractivity contribution in [3.05, 3.63) is 0 Å². The average molecular weight is 362 g/mol. The number of aliphatic imine (C=N–C) groups is 1. The minimum absolute atomic E-state index is 0.263. The van der Waals surface area contributed by atoms with Gasteiger partial charge in [-0.15, -0.1) is 0 Å². The van der Waals surface area contributed by atoms with Crippen molar-refractivity contribution in [3.8, 4) is 0 Å². The highest BCUT2D eigenvalue weighted by Crippen LogP contribution is 2.40. The highest BCUT2D eigenvalue weighted by Gasteiger charge is 2.34. The number of rotatable bonds is 9. The number of nitrogens with one attached hydrogen (secondary N) is 2. The first kappa shape index (κ1) is 21.2. The maximum atomic E-state index is 11.8. The average Bonchev–Trinajstić information content (AvgIpc) is 2.96. The van der Waals surface area contributed by atoms with E-state index >= 15 is 0 Å². The molecule has 7 heteroatoms. The van der Waals surface area contributed by atoms with Gasteiger partial charge in [-0.3, -0.25) is 4.99 Å². The Balaban J connectivity index is 2.55. The van der Waals surface area contributed by atoms with E-state index in [1.807, 2.05) is 6.92 Å². The number of hydrogen-bond donors (Lipinski definition) is 2. The molecule has 0 atom stereocenters. The minimum atomic E-state index is -3.13. The molecule has 1 saturated carbocycles. The van der Waals surface area contributed by atoms with Gasteiger partial charge in [0.25, 0.3) is 0 Å². The molecule has 0 heterocycles. The van der Waals surface area contributed by atoms with Gasteiger partial charge in [0, 0.05) is 39.6 Å². The first-order chi connectivity index (χ1) is 11.2. The van der Waals surface area contributed by atoms with E-state index in [9.17, 15) is 8.42 Å². The van der Waals surface area contributed by atoms with Gasteiger partial charge in [-0.25, -0.2) is 8.42 Å². The molecule has 6 nitrogen and oxygen atoms in total. The molecule has 0 bridgehead atoms. The summed E-state index contributed by atoms with van der Waals surface area (Å²) in [6.45, 7) is 8.20. The summed E-state index contributed by atoms with van der Waals surface area (Å²) in [4.78, 5) is 4.23. The van der Waals surface area contributed by atoms with Crippen molar-refractivity contribution in [1.82, 2.24) is 10.6 Å². The van der Waals surface area contributed by atoms with Gasteiger partial charge in [-0.2, -0.15) is 0 Å². The lowest BCUT2D eigenvalue weighted by Gasteiger charge is -2.31. The summed E-state index contributed by atoms with van der Waals surface area (Å²) in [5.74, 6) is 0.661. The predicted molar refractivity (Wildman–Crippen MR) is 100 cm³/mol. The van der Waals surface area contributed by atoms with Crippen LogP contribution in [0.4, 0.5) is 0 Å². The predicted octanol–water partition coefficient (Wildman–Crippen LogP) is 1.96. The molecule has 1 aliphatic carbocycles. The van der Waals surface area contributed by atoms with Crippen molar-refractivity contribution < 1.29 is 13.2 Å². The fraction of sp³-hybridized carbons (Fsp3) is 0.941. The summed E-state index contributed by atoms with van der Waals surface area (Å²) in [6.07, 6.45) is 7.27. The van der Waals surface area contributed by atoms with Crippen LogP contribution in [0.5, 0.6) is 0 Å². The lowest BCUT2D eigenvalue weighted by molar-refractivity contribution is 0.105. The molecule has 1 fully saturated rings. The van der Waals surface area contributed by atoms with Gasteiger partial charge in [-0.1, -0.05) is 12.8 Å². The molecular formula is C17H35N3O3S. The smallest absolute Gasteiger partial charge is 0.191 e. The molecule has 0 unspecified atom stereocenters. The highest BCUT2D eigenvalue weighted by molar-refractivity contribution is 7.92. The van der Waals surface area contributed by atoms with Crippen molar-refractivity contribution in [2.45, 2.75) is 57.6 Å². The van der Waals surface area contributed by atoms with Crippen LogP contribution in [0.25, 0.3) is 0 Å². The zero-order valence-corrected chi connectivity index (χ0v) is 16.8. The summed E-state index contributed by atoms with van der Waals surface area (Å²) in [5, 5.41) is 6.54. The Labute approximate surface area is 147 Å². The van der Waals surface area contributed by atoms with E-state index in [1.165, 1.54) is 31.9 Å². The van der Waals surface area contributed by atoms with Crippen molar-refractivity contribution in [3.63, 3.8) is 0 Å². The third kappa shape index (κ3) is 6.24. The van der Waals surface area contributed by atoms with Crippen molar-refractivity contribution in [1.29, 1.82) is 0 Å². The number of ether oxygens (including phenoxy) is 1. The van der Waals surface area contributed by atoms with Crippen LogP contribution in [0.15, 0.2) is 4.99 Å². The molecule has 0 radical (unpaired) electrons. The van der Waals surface area contributed by atoms with E-state index in [0.29, 0.717) is 12.5 Å². The van der Waals surface area contributed by atoms with Crippen LogP contribution < -0.4 is 10.6 Å². The zero-order valence-electron chi connectivity index (χ0n) is 15.9. The first-order valence-corrected chi connectivity index (χ1v) is 10.8. The fourth-order valence-electron chi connectivity index (χ4n) is 2.99. The molecule has 0 saturated heterocycles. The molecule has 142 valence electrons. The lowest BCUT2D eigenvalue weighted by atomic mass is 9.83. The summed E-state index contributed by atoms with van der Waals surface area (Å²) < 4.78 is 28.3. The van der Waals surface area contributed by atoms with Crippen LogP contribution in [0.2, 0.25) is 0 Å². The minimum Gasteiger partial charge on any atom is -0.382 e. The first-order valence-electron chi connectivity index (χ1n) is 8.88. The third-order valence-corrected chi connectivity index (χ3v) is 7.34. The molecule has 0 aromatic heterocycles. The molecule has 0 aliphatic heterocycles. The number of guanidine groups is 1. The van der Waals surface area contributed by atoms with Gasteiger partial charge >= 0.3 is 0 Å². The van der Waals surface area contributed by atoms with Gasteiger partial charge in [0.05, 0.1) is 4.75 Å². The van der Waals surface area contributed by atoms with Gasteiger partial charge in [0.1, 0.15) is 0 Å². The molecule has 24 heavy (non-hydrogen) atoms. The quantitative estimate of drug-likeness (QED) is 0.373. The maximum Gasteiger partial charge on any atom is 0.191 e. The fourth-order valence-corrected chi connectivity index (χ4v) is 3.33. The van der Waals surface area contributed by atoms with Crippen LogP contribution in [0.3, 0.4) is 0 Å². The van der Waals surface area contributed by atoms with Crippen molar-refractivity contribution >= 4 is 15.8 Å². The van der Waals surface area contributed by atoms with E-state index in [4.69, 9.17) is 4.74 Å². The van der Waals surface area contributed by atoms with Crippen LogP contribution >= 0.6 is 0 Å². The molecule has 0 amide bonds. The normalized spacial score (nSPS) is 18.6. The van der Waals surface area contributed by atoms with Gasteiger partial charge in [0.2, 0.25) is 0 Å². The van der Waals surface area contributed by atoms with Crippen LogP contribution in [-0.4, -0.2) is 58.7 Å². The standard InChI is InChI=1S/C17H35N3O3S/c1-6-23-12-11-17(9-7-8-10-17)14-20-15(18-4)19-13-16(2,3)24(5,21)22/h6-14H2,1-5H3,(H2,18,19,20). The van der Waals surface area contributed by atoms with Crippen LogP contribution in [0.1, 0.15) is 52.9 Å². The van der Waals surface area contributed by atoms with Gasteiger partial charge in [-0.05, 0) is 45.4 Å². The molecule has 2 N–H and O–H groups in total. The molecule has 1 rings (SSSR count). The third-order valence-electron chi connectivity index (χ3n) is 5.18. The van der Waals surface area contributed by atoms with Crippen molar-refractivity contribution in [2.24, 2.45) is 10.4 Å². The Morgan fingerprint density at radius 2 is 1.88 bits per heavy atom. The van der Waals surface area contributed by atoms with Gasteiger partial charge < -0.3 is 15.4 Å². The lowest BCUT2D eigenvalue weighted by Crippen LogP contribution is -2.49. The molecule has 0 spiro atoms. The van der Waals surface area contributed by atoms with E-state index in [2.05, 4.69) is 15.6 Å². The second kappa shape index (κ2) is 9.04. The van der Waals surface area contributed by atoms with E-state index in [0.717, 1.165) is 26.2 Å². The summed E-state index contributed by atoms with van der Waals surface area (Å²) in [6, 6.07) is 0. The zero-order chi connectivity index (χ0) is 18.3. The summed E-state index contributed by atoms with van der Waals surface area (Å²) in [7, 11) is -1.41. The number of hydrogen-bond acceptors (Lipinski definition) is 4. The Hall–Kier alpha value is -0.820. The molecule has 0 aromatic carbocycles. The van der Waals surface area contributed by atoms with Crippen LogP contribution in [0, 0.1) is 5.41 Å². The summed E-state index contributed by atoms with van der Waals surface area (Å²) in [5.41, 5.74) is 0.263. The Morgan fingerprint density at radius 3 is 2.38 bits per heavy atom. The van der Waals surface area contributed by atoms with E-state index in [1.54, 1.807) is 20.9 Å². The van der Waals surface area contributed by atoms with Crippen molar-refractivity contribution in [2.75, 3.05) is 39.6 Å². The number of sulfone groups is 1. The SMILES string of the molecule is CCOCCC1(CNC(=NC)NCC(C)(C)S(C)(=O)=O)CCCC1. The van der Waals surface area contributed by atoms with Gasteiger partial charge in [0.15, 0.2) is 15.8 Å². The molecule has 1 aliphatic rings. The second-order valence-corrected chi connectivity index (χ2v) is 10.1. The Bertz CT molecular complexity index is 509. The van der Waals surface area contributed by atoms with E-state index < -0.39 is 14.6 Å². The Morgan fingerprint density at radius 1 is 1.25 bits per heavy atom. The Kier molecular flexibility index (Phi) is 7.99. The number of nitrogens with zero attached hydrogens (tertiary/aromatic N) is 1. The largest absolute Gasteiger partial charge is 0.382 e. The van der Waals surface area contributed by atoms with E-state index in [-0.39, 0.29) is 5.41 Å². The highest BCUT2D eigenvalue weighted by atomic mass is 32.2. The maximum absolute atomic E-state index is 11.8.